The molecule has 0 spiro atoms. The maximum absolute atomic E-state index is 13.8. The standard InChI is InChI=1S/C14H17FN2O2/c1-9(2)13-14(19)17(8-7-12(18)16-13)11-6-4-3-5-10(11)15/h3-6,9,13H,7-8H2,1-2H3,(H,16,18). The lowest BCUT2D eigenvalue weighted by Gasteiger charge is -2.26. The lowest BCUT2D eigenvalue weighted by Crippen LogP contribution is -2.48. The molecule has 1 saturated heterocycles. The zero-order valence-electron chi connectivity index (χ0n) is 11.0. The summed E-state index contributed by atoms with van der Waals surface area (Å²) in [5.41, 5.74) is 0.231. The molecule has 0 bridgehead atoms. The van der Waals surface area contributed by atoms with Crippen LogP contribution >= 0.6 is 0 Å². The van der Waals surface area contributed by atoms with Gasteiger partial charge in [0.05, 0.1) is 5.69 Å². The van der Waals surface area contributed by atoms with Crippen molar-refractivity contribution in [1.29, 1.82) is 0 Å². The monoisotopic (exact) mass is 264 g/mol. The van der Waals surface area contributed by atoms with Crippen LogP contribution in [0.25, 0.3) is 0 Å². The number of para-hydroxylation sites is 1. The highest BCUT2D eigenvalue weighted by Gasteiger charge is 2.33. The summed E-state index contributed by atoms with van der Waals surface area (Å²) in [4.78, 5) is 25.4. The minimum absolute atomic E-state index is 0.0381. The first-order chi connectivity index (χ1) is 9.00. The lowest BCUT2D eigenvalue weighted by molar-refractivity contribution is -0.126. The minimum Gasteiger partial charge on any atom is -0.344 e. The van der Waals surface area contributed by atoms with Gasteiger partial charge in [-0.25, -0.2) is 4.39 Å². The summed E-state index contributed by atoms with van der Waals surface area (Å²) in [6.07, 6.45) is 0.184. The molecule has 0 radical (unpaired) electrons. The number of rotatable bonds is 2. The maximum Gasteiger partial charge on any atom is 0.249 e. The zero-order valence-corrected chi connectivity index (χ0v) is 11.0. The van der Waals surface area contributed by atoms with E-state index < -0.39 is 11.9 Å². The number of anilines is 1. The van der Waals surface area contributed by atoms with E-state index in [9.17, 15) is 14.0 Å². The quantitative estimate of drug-likeness (QED) is 0.884. The molecule has 0 saturated carbocycles. The molecule has 2 amide bonds. The summed E-state index contributed by atoms with van der Waals surface area (Å²) >= 11 is 0. The molecule has 1 aliphatic heterocycles. The molecule has 0 aliphatic carbocycles. The Morgan fingerprint density at radius 1 is 1.32 bits per heavy atom. The Hall–Kier alpha value is -1.91. The molecule has 5 heteroatoms. The van der Waals surface area contributed by atoms with Crippen molar-refractivity contribution in [3.8, 4) is 0 Å². The number of amides is 2. The average molecular weight is 264 g/mol. The van der Waals surface area contributed by atoms with E-state index in [1.165, 1.54) is 11.0 Å². The fraction of sp³-hybridized carbons (Fsp3) is 0.429. The highest BCUT2D eigenvalue weighted by atomic mass is 19.1. The maximum atomic E-state index is 13.8. The van der Waals surface area contributed by atoms with Crippen molar-refractivity contribution in [3.05, 3.63) is 30.1 Å². The van der Waals surface area contributed by atoms with Gasteiger partial charge in [0, 0.05) is 13.0 Å². The molecule has 4 nitrogen and oxygen atoms in total. The number of carbonyl (C=O) groups is 2. The molecule has 1 N–H and O–H groups in total. The topological polar surface area (TPSA) is 49.4 Å². The largest absolute Gasteiger partial charge is 0.344 e. The zero-order chi connectivity index (χ0) is 14.0. The first-order valence-electron chi connectivity index (χ1n) is 6.36. The van der Waals surface area contributed by atoms with Gasteiger partial charge in [-0.2, -0.15) is 0 Å². The molecule has 19 heavy (non-hydrogen) atoms. The summed E-state index contributed by atoms with van der Waals surface area (Å²) in [7, 11) is 0. The summed E-state index contributed by atoms with van der Waals surface area (Å²) in [5, 5.41) is 2.69. The van der Waals surface area contributed by atoms with Crippen molar-refractivity contribution in [3.63, 3.8) is 0 Å². The Kier molecular flexibility index (Phi) is 3.83. The molecular weight excluding hydrogens is 247 g/mol. The van der Waals surface area contributed by atoms with E-state index in [0.29, 0.717) is 0 Å². The minimum atomic E-state index is -0.602. The molecule has 2 rings (SSSR count). The Balaban J connectivity index is 2.36. The number of nitrogens with one attached hydrogen (secondary N) is 1. The number of hydrogen-bond donors (Lipinski definition) is 1. The number of nitrogens with zero attached hydrogens (tertiary/aromatic N) is 1. The van der Waals surface area contributed by atoms with Gasteiger partial charge >= 0.3 is 0 Å². The first kappa shape index (κ1) is 13.5. The normalized spacial score (nSPS) is 20.4. The van der Waals surface area contributed by atoms with Crippen molar-refractivity contribution >= 4 is 17.5 Å². The van der Waals surface area contributed by atoms with Crippen LogP contribution in [0.15, 0.2) is 24.3 Å². The van der Waals surface area contributed by atoms with Gasteiger partial charge in [-0.15, -0.1) is 0 Å². The van der Waals surface area contributed by atoms with Crippen molar-refractivity contribution in [2.75, 3.05) is 11.4 Å². The van der Waals surface area contributed by atoms with E-state index in [0.717, 1.165) is 0 Å². The van der Waals surface area contributed by atoms with Gasteiger partial charge in [0.15, 0.2) is 0 Å². The molecule has 1 aromatic carbocycles. The van der Waals surface area contributed by atoms with Crippen LogP contribution in [-0.2, 0) is 9.59 Å². The van der Waals surface area contributed by atoms with Crippen LogP contribution in [-0.4, -0.2) is 24.4 Å². The van der Waals surface area contributed by atoms with Crippen molar-refractivity contribution in [2.45, 2.75) is 26.3 Å². The number of hydrogen-bond acceptors (Lipinski definition) is 2. The van der Waals surface area contributed by atoms with Gasteiger partial charge in [-0.3, -0.25) is 9.59 Å². The van der Waals surface area contributed by atoms with Gasteiger partial charge in [0.25, 0.3) is 0 Å². The Labute approximate surface area is 111 Å². The van der Waals surface area contributed by atoms with Gasteiger partial charge < -0.3 is 10.2 Å². The van der Waals surface area contributed by atoms with Gasteiger partial charge in [0.2, 0.25) is 11.8 Å². The Morgan fingerprint density at radius 3 is 2.63 bits per heavy atom. The molecule has 0 aromatic heterocycles. The molecular formula is C14H17FN2O2. The summed E-state index contributed by atoms with van der Waals surface area (Å²) in [6.45, 7) is 3.91. The third-order valence-corrected chi connectivity index (χ3v) is 3.22. The number of benzene rings is 1. The summed E-state index contributed by atoms with van der Waals surface area (Å²) < 4.78 is 13.8. The molecule has 1 aliphatic rings. The second-order valence-electron chi connectivity index (χ2n) is 4.98. The van der Waals surface area contributed by atoms with E-state index in [1.807, 2.05) is 13.8 Å². The third-order valence-electron chi connectivity index (χ3n) is 3.22. The fourth-order valence-electron chi connectivity index (χ4n) is 2.16. The second-order valence-corrected chi connectivity index (χ2v) is 4.98. The average Bonchev–Trinajstić information content (AvgIpc) is 2.51. The van der Waals surface area contributed by atoms with Crippen LogP contribution in [0.2, 0.25) is 0 Å². The van der Waals surface area contributed by atoms with E-state index in [1.54, 1.807) is 18.2 Å². The lowest BCUT2D eigenvalue weighted by atomic mass is 10.0. The number of halogens is 1. The van der Waals surface area contributed by atoms with Crippen LogP contribution in [0.3, 0.4) is 0 Å². The Morgan fingerprint density at radius 2 is 2.00 bits per heavy atom. The van der Waals surface area contributed by atoms with Crippen molar-refractivity contribution in [2.24, 2.45) is 5.92 Å². The second kappa shape index (κ2) is 5.38. The van der Waals surface area contributed by atoms with E-state index >= 15 is 0 Å². The van der Waals surface area contributed by atoms with E-state index in [-0.39, 0.29) is 36.4 Å². The van der Waals surface area contributed by atoms with Gasteiger partial charge in [-0.05, 0) is 18.1 Å². The molecule has 1 aromatic rings. The Bertz CT molecular complexity index is 502. The van der Waals surface area contributed by atoms with Gasteiger partial charge in [-0.1, -0.05) is 26.0 Å². The van der Waals surface area contributed by atoms with E-state index in [4.69, 9.17) is 0 Å². The highest BCUT2D eigenvalue weighted by Crippen LogP contribution is 2.22. The third kappa shape index (κ3) is 2.75. The predicted molar refractivity (Wildman–Crippen MR) is 70.1 cm³/mol. The summed E-state index contributed by atoms with van der Waals surface area (Å²) in [6, 6.07) is 5.52. The SMILES string of the molecule is CC(C)C1NC(=O)CCN(c2ccccc2F)C1=O. The van der Waals surface area contributed by atoms with Crippen molar-refractivity contribution in [1.82, 2.24) is 5.32 Å². The molecule has 1 fully saturated rings. The van der Waals surface area contributed by atoms with E-state index in [2.05, 4.69) is 5.32 Å². The number of carbonyl (C=O) groups excluding carboxylic acids is 2. The highest BCUT2D eigenvalue weighted by molar-refractivity contribution is 6.01. The van der Waals surface area contributed by atoms with Crippen LogP contribution in [0.4, 0.5) is 10.1 Å². The summed E-state index contributed by atoms with van der Waals surface area (Å²) in [5.74, 6) is -0.923. The predicted octanol–water partition coefficient (Wildman–Crippen LogP) is 1.70. The molecule has 102 valence electrons. The van der Waals surface area contributed by atoms with Crippen LogP contribution < -0.4 is 10.2 Å². The van der Waals surface area contributed by atoms with Crippen LogP contribution in [0, 0.1) is 11.7 Å². The molecule has 1 atom stereocenters. The van der Waals surface area contributed by atoms with Crippen LogP contribution in [0.5, 0.6) is 0 Å². The first-order valence-corrected chi connectivity index (χ1v) is 6.36. The smallest absolute Gasteiger partial charge is 0.249 e. The molecule has 1 unspecified atom stereocenters. The van der Waals surface area contributed by atoms with Crippen molar-refractivity contribution < 1.29 is 14.0 Å². The molecule has 1 heterocycles. The fourth-order valence-corrected chi connectivity index (χ4v) is 2.16. The van der Waals surface area contributed by atoms with Crippen LogP contribution in [0.1, 0.15) is 20.3 Å². The van der Waals surface area contributed by atoms with Gasteiger partial charge in [0.1, 0.15) is 11.9 Å².